The zero-order valence-corrected chi connectivity index (χ0v) is 14.3. The predicted molar refractivity (Wildman–Crippen MR) is 87.9 cm³/mol. The zero-order chi connectivity index (χ0) is 16.8. The molecular weight excluding hydrogens is 294 g/mol. The van der Waals surface area contributed by atoms with E-state index in [1.165, 1.54) is 6.42 Å². The van der Waals surface area contributed by atoms with E-state index in [-0.39, 0.29) is 30.3 Å². The number of rotatable bonds is 6. The molecule has 2 amide bonds. The van der Waals surface area contributed by atoms with Crippen LogP contribution in [0.4, 0.5) is 5.82 Å². The standard InChI is InChI=1S/C17H27N3O3/c1-4-12(2)20(17(22)14-8-6-5-7-9-14)11-16(21)18-15-10-13(3)23-19-15/h10,12,14H,4-9,11H2,1-3H3,(H,18,19,21). The van der Waals surface area contributed by atoms with Gasteiger partial charge in [-0.15, -0.1) is 0 Å². The summed E-state index contributed by atoms with van der Waals surface area (Å²) >= 11 is 0. The van der Waals surface area contributed by atoms with Crippen LogP contribution in [0.15, 0.2) is 10.6 Å². The highest BCUT2D eigenvalue weighted by Gasteiger charge is 2.29. The normalized spacial score (nSPS) is 16.8. The lowest BCUT2D eigenvalue weighted by molar-refractivity contribution is -0.141. The molecule has 1 unspecified atom stereocenters. The molecule has 1 aliphatic rings. The largest absolute Gasteiger partial charge is 0.360 e. The monoisotopic (exact) mass is 321 g/mol. The lowest BCUT2D eigenvalue weighted by Gasteiger charge is -2.32. The fourth-order valence-corrected chi connectivity index (χ4v) is 3.02. The van der Waals surface area contributed by atoms with Crippen molar-refractivity contribution in [2.24, 2.45) is 5.92 Å². The molecule has 1 heterocycles. The van der Waals surface area contributed by atoms with Crippen LogP contribution >= 0.6 is 0 Å². The molecule has 1 N–H and O–H groups in total. The predicted octanol–water partition coefficient (Wildman–Crippen LogP) is 3.13. The van der Waals surface area contributed by atoms with Gasteiger partial charge >= 0.3 is 0 Å². The average Bonchev–Trinajstić information content (AvgIpc) is 2.97. The highest BCUT2D eigenvalue weighted by molar-refractivity contribution is 5.94. The number of nitrogens with zero attached hydrogens (tertiary/aromatic N) is 2. The van der Waals surface area contributed by atoms with Gasteiger partial charge in [0.1, 0.15) is 12.3 Å². The SMILES string of the molecule is CCC(C)N(CC(=O)Nc1cc(C)on1)C(=O)C1CCCCC1. The molecule has 0 spiro atoms. The van der Waals surface area contributed by atoms with Gasteiger partial charge in [0.2, 0.25) is 11.8 Å². The fourth-order valence-electron chi connectivity index (χ4n) is 3.02. The van der Waals surface area contributed by atoms with Crippen LogP contribution in [0.1, 0.15) is 58.1 Å². The van der Waals surface area contributed by atoms with Crippen molar-refractivity contribution in [1.29, 1.82) is 0 Å². The van der Waals surface area contributed by atoms with Gasteiger partial charge in [-0.1, -0.05) is 31.3 Å². The maximum atomic E-state index is 12.8. The summed E-state index contributed by atoms with van der Waals surface area (Å²) in [5, 5.41) is 6.44. The first-order valence-electron chi connectivity index (χ1n) is 8.55. The molecule has 1 aromatic rings. The third-order valence-electron chi connectivity index (χ3n) is 4.57. The summed E-state index contributed by atoms with van der Waals surface area (Å²) in [4.78, 5) is 26.8. The smallest absolute Gasteiger partial charge is 0.245 e. The number of hydrogen-bond acceptors (Lipinski definition) is 4. The zero-order valence-electron chi connectivity index (χ0n) is 14.3. The molecule has 1 aromatic heterocycles. The lowest BCUT2D eigenvalue weighted by atomic mass is 9.88. The van der Waals surface area contributed by atoms with Crippen molar-refractivity contribution in [3.63, 3.8) is 0 Å². The van der Waals surface area contributed by atoms with E-state index in [4.69, 9.17) is 4.52 Å². The van der Waals surface area contributed by atoms with E-state index in [2.05, 4.69) is 10.5 Å². The van der Waals surface area contributed by atoms with Crippen molar-refractivity contribution >= 4 is 17.6 Å². The molecule has 2 rings (SSSR count). The number of aromatic nitrogens is 1. The minimum atomic E-state index is -0.234. The molecule has 0 saturated heterocycles. The molecule has 0 bridgehead atoms. The summed E-state index contributed by atoms with van der Waals surface area (Å²) < 4.78 is 4.94. The van der Waals surface area contributed by atoms with Crippen LogP contribution < -0.4 is 5.32 Å². The van der Waals surface area contributed by atoms with Gasteiger partial charge in [-0.2, -0.15) is 0 Å². The van der Waals surface area contributed by atoms with E-state index in [1.54, 1.807) is 17.9 Å². The van der Waals surface area contributed by atoms with Crippen LogP contribution in [0.5, 0.6) is 0 Å². The molecule has 0 aliphatic heterocycles. The molecular formula is C17H27N3O3. The van der Waals surface area contributed by atoms with Gasteiger partial charge in [0.25, 0.3) is 0 Å². The lowest BCUT2D eigenvalue weighted by Crippen LogP contribution is -2.46. The summed E-state index contributed by atoms with van der Waals surface area (Å²) in [6.45, 7) is 5.86. The maximum Gasteiger partial charge on any atom is 0.245 e. The number of carbonyl (C=O) groups is 2. The highest BCUT2D eigenvalue weighted by Crippen LogP contribution is 2.26. The van der Waals surface area contributed by atoms with E-state index in [9.17, 15) is 9.59 Å². The van der Waals surface area contributed by atoms with Crippen LogP contribution in [0.2, 0.25) is 0 Å². The first kappa shape index (κ1) is 17.5. The highest BCUT2D eigenvalue weighted by atomic mass is 16.5. The van der Waals surface area contributed by atoms with Crippen molar-refractivity contribution in [2.75, 3.05) is 11.9 Å². The van der Waals surface area contributed by atoms with Gasteiger partial charge in [-0.3, -0.25) is 9.59 Å². The quantitative estimate of drug-likeness (QED) is 0.873. The van der Waals surface area contributed by atoms with Crippen molar-refractivity contribution in [3.05, 3.63) is 11.8 Å². The van der Waals surface area contributed by atoms with Crippen molar-refractivity contribution < 1.29 is 14.1 Å². The summed E-state index contributed by atoms with van der Waals surface area (Å²) in [6, 6.07) is 1.71. The van der Waals surface area contributed by atoms with Crippen molar-refractivity contribution in [2.45, 2.75) is 65.3 Å². The molecule has 6 heteroatoms. The Labute approximate surface area is 137 Å². The number of anilines is 1. The van der Waals surface area contributed by atoms with E-state index >= 15 is 0 Å². The minimum Gasteiger partial charge on any atom is -0.360 e. The Morgan fingerprint density at radius 3 is 2.65 bits per heavy atom. The fraction of sp³-hybridized carbons (Fsp3) is 0.706. The first-order chi connectivity index (χ1) is 11.0. The van der Waals surface area contributed by atoms with Crippen molar-refractivity contribution in [3.8, 4) is 0 Å². The second-order valence-corrected chi connectivity index (χ2v) is 6.43. The van der Waals surface area contributed by atoms with Crippen LogP contribution in [-0.2, 0) is 9.59 Å². The molecule has 0 aromatic carbocycles. The second kappa shape index (κ2) is 8.13. The Morgan fingerprint density at radius 1 is 1.39 bits per heavy atom. The summed E-state index contributed by atoms with van der Waals surface area (Å²) in [6.07, 6.45) is 6.13. The van der Waals surface area contributed by atoms with E-state index < -0.39 is 0 Å². The van der Waals surface area contributed by atoms with Gasteiger partial charge < -0.3 is 14.7 Å². The summed E-state index contributed by atoms with van der Waals surface area (Å²) in [7, 11) is 0. The molecule has 1 fully saturated rings. The summed E-state index contributed by atoms with van der Waals surface area (Å²) in [5.41, 5.74) is 0. The Kier molecular flexibility index (Phi) is 6.19. The van der Waals surface area contributed by atoms with Crippen LogP contribution in [0, 0.1) is 12.8 Å². The molecule has 6 nitrogen and oxygen atoms in total. The van der Waals surface area contributed by atoms with Crippen LogP contribution in [-0.4, -0.2) is 34.5 Å². The van der Waals surface area contributed by atoms with Gasteiger partial charge in [0.05, 0.1) is 0 Å². The Balaban J connectivity index is 1.99. The van der Waals surface area contributed by atoms with Crippen LogP contribution in [0.3, 0.4) is 0 Å². The van der Waals surface area contributed by atoms with E-state index in [0.29, 0.717) is 11.6 Å². The molecule has 128 valence electrons. The molecule has 0 radical (unpaired) electrons. The Morgan fingerprint density at radius 2 is 2.09 bits per heavy atom. The topological polar surface area (TPSA) is 75.4 Å². The number of nitrogens with one attached hydrogen (secondary N) is 1. The Bertz CT molecular complexity index is 535. The minimum absolute atomic E-state index is 0.0502. The van der Waals surface area contributed by atoms with Gasteiger partial charge in [0.15, 0.2) is 5.82 Å². The third kappa shape index (κ3) is 4.81. The molecule has 1 atom stereocenters. The summed E-state index contributed by atoms with van der Waals surface area (Å²) in [5.74, 6) is 0.979. The number of carbonyl (C=O) groups excluding carboxylic acids is 2. The van der Waals surface area contributed by atoms with Gasteiger partial charge in [-0.25, -0.2) is 0 Å². The number of hydrogen-bond donors (Lipinski definition) is 1. The van der Waals surface area contributed by atoms with Gasteiger partial charge in [-0.05, 0) is 33.1 Å². The average molecular weight is 321 g/mol. The third-order valence-corrected chi connectivity index (χ3v) is 4.57. The van der Waals surface area contributed by atoms with Gasteiger partial charge in [0, 0.05) is 18.0 Å². The second-order valence-electron chi connectivity index (χ2n) is 6.43. The number of aryl methyl sites for hydroxylation is 1. The van der Waals surface area contributed by atoms with E-state index in [0.717, 1.165) is 32.1 Å². The van der Waals surface area contributed by atoms with E-state index in [1.807, 2.05) is 13.8 Å². The number of amides is 2. The molecule has 23 heavy (non-hydrogen) atoms. The Hall–Kier alpha value is -1.85. The maximum absolute atomic E-state index is 12.8. The van der Waals surface area contributed by atoms with Crippen LogP contribution in [0.25, 0.3) is 0 Å². The first-order valence-corrected chi connectivity index (χ1v) is 8.55. The molecule has 1 saturated carbocycles. The molecule has 1 aliphatic carbocycles. The van der Waals surface area contributed by atoms with Crippen molar-refractivity contribution in [1.82, 2.24) is 10.1 Å².